The summed E-state index contributed by atoms with van der Waals surface area (Å²) in [6, 6.07) is 9.71. The number of aryl methyl sites for hydroxylation is 1. The van der Waals surface area contributed by atoms with Crippen molar-refractivity contribution in [3.63, 3.8) is 0 Å². The number of para-hydroxylation sites is 1. The second-order valence-corrected chi connectivity index (χ2v) is 10.8. The number of ether oxygens (including phenoxy) is 1. The van der Waals surface area contributed by atoms with Crippen molar-refractivity contribution in [2.75, 3.05) is 18.5 Å². The molecule has 0 fully saturated rings. The predicted molar refractivity (Wildman–Crippen MR) is 153 cm³/mol. The number of aliphatic hydroxyl groups is 1. The van der Waals surface area contributed by atoms with Crippen LogP contribution in [0.1, 0.15) is 63.8 Å². The molecule has 39 heavy (non-hydrogen) atoms. The summed E-state index contributed by atoms with van der Waals surface area (Å²) in [5.74, 6) is 1.15. The summed E-state index contributed by atoms with van der Waals surface area (Å²) in [6.45, 7) is 10.1. The Kier molecular flexibility index (Phi) is 11.4. The van der Waals surface area contributed by atoms with Crippen molar-refractivity contribution in [1.82, 2.24) is 10.2 Å². The third kappa shape index (κ3) is 8.74. The van der Waals surface area contributed by atoms with Gasteiger partial charge in [0, 0.05) is 12.1 Å². The maximum atomic E-state index is 14.1. The van der Waals surface area contributed by atoms with Crippen LogP contribution in [0.3, 0.4) is 0 Å². The quantitative estimate of drug-likeness (QED) is 0.355. The van der Waals surface area contributed by atoms with E-state index in [-0.39, 0.29) is 12.5 Å². The molecular formula is C30H38ClN3O5. The molecule has 0 saturated heterocycles. The van der Waals surface area contributed by atoms with Crippen molar-refractivity contribution in [1.29, 1.82) is 0 Å². The van der Waals surface area contributed by atoms with Crippen molar-refractivity contribution >= 4 is 35.2 Å². The number of aliphatic hydroxyl groups excluding tert-OH is 1. The van der Waals surface area contributed by atoms with Crippen LogP contribution in [0.25, 0.3) is 0 Å². The highest BCUT2D eigenvalue weighted by atomic mass is 35.5. The van der Waals surface area contributed by atoms with Crippen molar-refractivity contribution < 1.29 is 24.2 Å². The molecule has 0 aliphatic carbocycles. The Bertz CT molecular complexity index is 1180. The van der Waals surface area contributed by atoms with Gasteiger partial charge in [0.05, 0.1) is 17.3 Å². The SMILES string of the molecule is C#Cc1ccc(C(C(=O)Nc2c(C)cccc2Cl)N(CCO)C(=O)C(NC(=O)OC(C)(C)C)C(C)CC)cc1. The molecule has 8 nitrogen and oxygen atoms in total. The largest absolute Gasteiger partial charge is 0.444 e. The molecule has 0 spiro atoms. The number of hydrogen-bond acceptors (Lipinski definition) is 5. The Morgan fingerprint density at radius 3 is 2.31 bits per heavy atom. The predicted octanol–water partition coefficient (Wildman–Crippen LogP) is 5.07. The highest BCUT2D eigenvalue weighted by molar-refractivity contribution is 6.34. The minimum atomic E-state index is -1.17. The van der Waals surface area contributed by atoms with Crippen LogP contribution in [0.15, 0.2) is 42.5 Å². The molecule has 3 amide bonds. The van der Waals surface area contributed by atoms with Crippen molar-refractivity contribution in [3.05, 3.63) is 64.2 Å². The third-order valence-electron chi connectivity index (χ3n) is 6.20. The highest BCUT2D eigenvalue weighted by Crippen LogP contribution is 2.30. The molecule has 0 bridgehead atoms. The Morgan fingerprint density at radius 1 is 1.15 bits per heavy atom. The lowest BCUT2D eigenvalue weighted by molar-refractivity contribution is -0.142. The lowest BCUT2D eigenvalue weighted by Crippen LogP contribution is -2.55. The minimum absolute atomic E-state index is 0.168. The van der Waals surface area contributed by atoms with Gasteiger partial charge in [0.15, 0.2) is 0 Å². The number of alkyl carbamates (subject to hydrolysis) is 1. The zero-order chi connectivity index (χ0) is 29.3. The molecule has 3 unspecified atom stereocenters. The van der Waals surface area contributed by atoms with Crippen LogP contribution in [-0.4, -0.2) is 52.7 Å². The standard InChI is InChI=1S/C30H38ClN3O5/c1-8-19(3)25(33-29(38)39-30(5,6)7)28(37)34(17-18-35)26(22-15-13-21(9-2)14-16-22)27(36)32-24-20(4)11-10-12-23(24)31/h2,10-16,19,25-26,35H,8,17-18H2,1,3-7H3,(H,32,36)(H,33,38). The number of benzene rings is 2. The summed E-state index contributed by atoms with van der Waals surface area (Å²) >= 11 is 6.37. The second kappa shape index (κ2) is 14.0. The monoisotopic (exact) mass is 555 g/mol. The van der Waals surface area contributed by atoms with Crippen LogP contribution in [0, 0.1) is 25.2 Å². The van der Waals surface area contributed by atoms with Crippen molar-refractivity contribution in [2.45, 2.75) is 65.6 Å². The first-order chi connectivity index (χ1) is 18.3. The van der Waals surface area contributed by atoms with E-state index in [0.717, 1.165) is 5.56 Å². The molecule has 2 aromatic carbocycles. The second-order valence-electron chi connectivity index (χ2n) is 10.4. The third-order valence-corrected chi connectivity index (χ3v) is 6.51. The number of amides is 3. The summed E-state index contributed by atoms with van der Waals surface area (Å²) in [5, 5.41) is 15.8. The fourth-order valence-electron chi connectivity index (χ4n) is 3.99. The number of terminal acetylenes is 1. The number of carbonyl (C=O) groups is 3. The van der Waals surface area contributed by atoms with Crippen molar-refractivity contribution in [2.24, 2.45) is 5.92 Å². The number of rotatable bonds is 10. The summed E-state index contributed by atoms with van der Waals surface area (Å²) in [4.78, 5) is 41.9. The van der Waals surface area contributed by atoms with Gasteiger partial charge < -0.3 is 25.4 Å². The molecule has 210 valence electrons. The van der Waals surface area contributed by atoms with Gasteiger partial charge >= 0.3 is 6.09 Å². The average molecular weight is 556 g/mol. The van der Waals surface area contributed by atoms with E-state index in [1.54, 1.807) is 70.2 Å². The van der Waals surface area contributed by atoms with Crippen LogP contribution < -0.4 is 10.6 Å². The van der Waals surface area contributed by atoms with Gasteiger partial charge in [-0.2, -0.15) is 0 Å². The molecule has 0 heterocycles. The van der Waals surface area contributed by atoms with Crippen LogP contribution in [0.2, 0.25) is 5.02 Å². The number of hydrogen-bond donors (Lipinski definition) is 3. The van der Waals surface area contributed by atoms with Gasteiger partial charge in [-0.05, 0) is 62.9 Å². The number of nitrogens with one attached hydrogen (secondary N) is 2. The molecule has 0 saturated carbocycles. The number of nitrogens with zero attached hydrogens (tertiary/aromatic N) is 1. The first-order valence-corrected chi connectivity index (χ1v) is 13.2. The van der Waals surface area contributed by atoms with Crippen LogP contribution in [0.5, 0.6) is 0 Å². The van der Waals surface area contributed by atoms with Gasteiger partial charge in [0.2, 0.25) is 5.91 Å². The number of carbonyl (C=O) groups excluding carboxylic acids is 3. The molecular weight excluding hydrogens is 518 g/mol. The van der Waals surface area contributed by atoms with Gasteiger partial charge in [0.25, 0.3) is 5.91 Å². The Labute approximate surface area is 236 Å². The van der Waals surface area contributed by atoms with E-state index in [1.807, 2.05) is 13.8 Å². The molecule has 2 rings (SSSR count). The smallest absolute Gasteiger partial charge is 0.408 e. The highest BCUT2D eigenvalue weighted by Gasteiger charge is 2.38. The fourth-order valence-corrected chi connectivity index (χ4v) is 4.26. The average Bonchev–Trinajstić information content (AvgIpc) is 2.87. The molecule has 0 radical (unpaired) electrons. The number of halogens is 1. The molecule has 0 aliphatic rings. The molecule has 9 heteroatoms. The molecule has 2 aromatic rings. The summed E-state index contributed by atoms with van der Waals surface area (Å²) < 4.78 is 5.39. The summed E-state index contributed by atoms with van der Waals surface area (Å²) in [5.41, 5.74) is 1.45. The van der Waals surface area contributed by atoms with E-state index in [0.29, 0.717) is 28.3 Å². The van der Waals surface area contributed by atoms with Gasteiger partial charge in [-0.15, -0.1) is 6.42 Å². The van der Waals surface area contributed by atoms with E-state index in [2.05, 4.69) is 16.6 Å². The molecule has 3 atom stereocenters. The van der Waals surface area contributed by atoms with Crippen LogP contribution in [-0.2, 0) is 14.3 Å². The van der Waals surface area contributed by atoms with Gasteiger partial charge in [0.1, 0.15) is 17.7 Å². The van der Waals surface area contributed by atoms with Gasteiger partial charge in [-0.1, -0.05) is 62.1 Å². The van der Waals surface area contributed by atoms with E-state index >= 15 is 0 Å². The van der Waals surface area contributed by atoms with E-state index < -0.39 is 42.2 Å². The maximum absolute atomic E-state index is 14.1. The fraction of sp³-hybridized carbons (Fsp3) is 0.433. The maximum Gasteiger partial charge on any atom is 0.408 e. The lowest BCUT2D eigenvalue weighted by Gasteiger charge is -2.35. The van der Waals surface area contributed by atoms with Crippen LogP contribution >= 0.6 is 11.6 Å². The normalized spacial score (nSPS) is 13.4. The molecule has 0 aliphatic heterocycles. The minimum Gasteiger partial charge on any atom is -0.444 e. The van der Waals surface area contributed by atoms with Crippen LogP contribution in [0.4, 0.5) is 10.5 Å². The van der Waals surface area contributed by atoms with E-state index in [9.17, 15) is 19.5 Å². The zero-order valence-electron chi connectivity index (χ0n) is 23.4. The first kappa shape index (κ1) is 31.7. The Balaban J connectivity index is 2.58. The molecule has 3 N–H and O–H groups in total. The lowest BCUT2D eigenvalue weighted by atomic mass is 9.95. The zero-order valence-corrected chi connectivity index (χ0v) is 24.1. The van der Waals surface area contributed by atoms with Gasteiger partial charge in [-0.25, -0.2) is 4.79 Å². The number of anilines is 1. The van der Waals surface area contributed by atoms with E-state index in [4.69, 9.17) is 22.8 Å². The Morgan fingerprint density at radius 2 is 1.79 bits per heavy atom. The Hall–Kier alpha value is -3.54. The van der Waals surface area contributed by atoms with Gasteiger partial charge in [-0.3, -0.25) is 9.59 Å². The summed E-state index contributed by atoms with van der Waals surface area (Å²) in [7, 11) is 0. The first-order valence-electron chi connectivity index (χ1n) is 12.9. The summed E-state index contributed by atoms with van der Waals surface area (Å²) in [6.07, 6.45) is 5.32. The van der Waals surface area contributed by atoms with Crippen molar-refractivity contribution in [3.8, 4) is 12.3 Å². The molecule has 0 aromatic heterocycles. The topological polar surface area (TPSA) is 108 Å². The van der Waals surface area contributed by atoms with E-state index in [1.165, 1.54) is 4.90 Å².